The van der Waals surface area contributed by atoms with Crippen molar-refractivity contribution in [2.45, 2.75) is 32.5 Å². The molecule has 8 nitrogen and oxygen atoms in total. The van der Waals surface area contributed by atoms with Crippen molar-refractivity contribution in [3.05, 3.63) is 131 Å². The van der Waals surface area contributed by atoms with Crippen LogP contribution in [0.2, 0.25) is 0 Å². The van der Waals surface area contributed by atoms with Crippen LogP contribution in [0, 0.1) is 0 Å². The van der Waals surface area contributed by atoms with Crippen molar-refractivity contribution in [3.63, 3.8) is 0 Å². The molecule has 4 aromatic rings. The summed E-state index contributed by atoms with van der Waals surface area (Å²) in [7, 11) is 0. The number of nitrogens with zero attached hydrogens (tertiary/aromatic N) is 2. The highest BCUT2D eigenvalue weighted by atomic mass is 16.5. The summed E-state index contributed by atoms with van der Waals surface area (Å²) in [6.45, 7) is 0.989. The topological polar surface area (TPSA) is 101 Å². The highest BCUT2D eigenvalue weighted by Crippen LogP contribution is 2.14. The Hall–Kier alpha value is -5.24. The summed E-state index contributed by atoms with van der Waals surface area (Å²) in [6.07, 6.45) is 3.84. The van der Waals surface area contributed by atoms with Gasteiger partial charge in [-0.3, -0.25) is 9.59 Å². The molecule has 0 unspecified atom stereocenters. The fourth-order valence-corrected chi connectivity index (χ4v) is 3.66. The SMILES string of the molecule is O=C(CCCC(=O)NN=Cc1ccc(OCc2ccccc2)cc1)NN=Cc1ccc(OCc2ccccc2)cc1. The number of hydrogen-bond donors (Lipinski definition) is 2. The van der Waals surface area contributed by atoms with Crippen LogP contribution in [0.1, 0.15) is 41.5 Å². The average Bonchev–Trinajstić information content (AvgIpc) is 3.01. The van der Waals surface area contributed by atoms with Crippen molar-refractivity contribution in [2.24, 2.45) is 10.2 Å². The molecule has 2 N–H and O–H groups in total. The van der Waals surface area contributed by atoms with Crippen molar-refractivity contribution in [2.75, 3.05) is 0 Å². The van der Waals surface area contributed by atoms with E-state index in [0.29, 0.717) is 19.6 Å². The fourth-order valence-electron chi connectivity index (χ4n) is 3.66. The first-order valence-corrected chi connectivity index (χ1v) is 13.3. The molecule has 0 aliphatic carbocycles. The Morgan fingerprint density at radius 2 is 0.951 bits per heavy atom. The second-order valence-corrected chi connectivity index (χ2v) is 9.13. The van der Waals surface area contributed by atoms with Gasteiger partial charge in [-0.15, -0.1) is 0 Å². The zero-order valence-corrected chi connectivity index (χ0v) is 22.6. The van der Waals surface area contributed by atoms with E-state index in [0.717, 1.165) is 33.8 Å². The maximum Gasteiger partial charge on any atom is 0.240 e. The highest BCUT2D eigenvalue weighted by molar-refractivity contribution is 5.84. The third-order valence-electron chi connectivity index (χ3n) is 5.87. The molecular weight excluding hydrogens is 516 g/mol. The number of hydrazone groups is 2. The number of ether oxygens (including phenoxy) is 2. The minimum atomic E-state index is -0.269. The summed E-state index contributed by atoms with van der Waals surface area (Å²) in [5, 5.41) is 7.96. The molecule has 4 aromatic carbocycles. The standard InChI is InChI=1S/C33H32N4O4/c38-32(36-34-22-26-14-18-30(19-15-26)40-24-28-8-3-1-4-9-28)12-7-13-33(39)37-35-23-27-16-20-31(21-17-27)41-25-29-10-5-2-6-11-29/h1-6,8-11,14-23H,7,12-13,24-25H2,(H,36,38)(H,37,39). The van der Waals surface area contributed by atoms with Crippen molar-refractivity contribution in [1.29, 1.82) is 0 Å². The summed E-state index contributed by atoms with van der Waals surface area (Å²) >= 11 is 0. The minimum Gasteiger partial charge on any atom is -0.489 e. The summed E-state index contributed by atoms with van der Waals surface area (Å²) in [6, 6.07) is 34.7. The van der Waals surface area contributed by atoms with Crippen LogP contribution in [-0.2, 0) is 22.8 Å². The Bertz CT molecular complexity index is 1310. The maximum atomic E-state index is 12.0. The van der Waals surface area contributed by atoms with Crippen molar-refractivity contribution in [3.8, 4) is 11.5 Å². The van der Waals surface area contributed by atoms with Crippen molar-refractivity contribution >= 4 is 24.2 Å². The molecule has 0 aromatic heterocycles. The summed E-state index contributed by atoms with van der Waals surface area (Å²) in [4.78, 5) is 24.1. The third-order valence-corrected chi connectivity index (χ3v) is 5.87. The number of carbonyl (C=O) groups is 2. The van der Waals surface area contributed by atoms with Gasteiger partial charge >= 0.3 is 0 Å². The normalized spacial score (nSPS) is 10.9. The predicted octanol–water partition coefficient (Wildman–Crippen LogP) is 5.62. The number of hydrogen-bond acceptors (Lipinski definition) is 6. The number of benzene rings is 4. The van der Waals surface area contributed by atoms with E-state index in [2.05, 4.69) is 21.1 Å². The maximum absolute atomic E-state index is 12.0. The zero-order chi connectivity index (χ0) is 28.5. The highest BCUT2D eigenvalue weighted by Gasteiger charge is 2.04. The largest absolute Gasteiger partial charge is 0.489 e. The van der Waals surface area contributed by atoms with Crippen molar-refractivity contribution in [1.82, 2.24) is 10.9 Å². The fraction of sp³-hybridized carbons (Fsp3) is 0.152. The number of amides is 2. The van der Waals surface area contributed by atoms with E-state index in [1.807, 2.05) is 109 Å². The van der Waals surface area contributed by atoms with Gasteiger partial charge in [0.2, 0.25) is 11.8 Å². The lowest BCUT2D eigenvalue weighted by atomic mass is 10.2. The Balaban J connectivity index is 1.07. The second kappa shape index (κ2) is 16.0. The van der Waals surface area contributed by atoms with Crippen LogP contribution >= 0.6 is 0 Å². The van der Waals surface area contributed by atoms with Crippen LogP contribution in [-0.4, -0.2) is 24.2 Å². The van der Waals surface area contributed by atoms with Gasteiger partial charge in [0.25, 0.3) is 0 Å². The van der Waals surface area contributed by atoms with Gasteiger partial charge in [-0.1, -0.05) is 60.7 Å². The van der Waals surface area contributed by atoms with Gasteiger partial charge in [-0.25, -0.2) is 10.9 Å². The molecule has 0 saturated carbocycles. The van der Waals surface area contributed by atoms with Crippen LogP contribution in [0.3, 0.4) is 0 Å². The predicted molar refractivity (Wildman–Crippen MR) is 160 cm³/mol. The van der Waals surface area contributed by atoms with Gasteiger partial charge in [-0.05, 0) is 77.2 Å². The van der Waals surface area contributed by atoms with Gasteiger partial charge in [0.15, 0.2) is 0 Å². The van der Waals surface area contributed by atoms with E-state index < -0.39 is 0 Å². The first-order valence-electron chi connectivity index (χ1n) is 13.3. The second-order valence-electron chi connectivity index (χ2n) is 9.13. The molecule has 0 radical (unpaired) electrons. The van der Waals surface area contributed by atoms with Crippen LogP contribution in [0.4, 0.5) is 0 Å². The molecule has 208 valence electrons. The van der Waals surface area contributed by atoms with E-state index in [1.54, 1.807) is 12.4 Å². The molecule has 0 heterocycles. The molecule has 0 saturated heterocycles. The van der Waals surface area contributed by atoms with Crippen LogP contribution in [0.5, 0.6) is 11.5 Å². The average molecular weight is 549 g/mol. The van der Waals surface area contributed by atoms with E-state index in [1.165, 1.54) is 0 Å². The molecule has 0 aliphatic rings. The molecule has 8 heteroatoms. The number of rotatable bonds is 14. The molecule has 0 atom stereocenters. The van der Waals surface area contributed by atoms with E-state index >= 15 is 0 Å². The molecule has 0 aliphatic heterocycles. The Morgan fingerprint density at radius 3 is 1.34 bits per heavy atom. The molecule has 2 amide bonds. The third kappa shape index (κ3) is 10.8. The summed E-state index contributed by atoms with van der Waals surface area (Å²) in [5.74, 6) is 0.962. The van der Waals surface area contributed by atoms with Gasteiger partial charge in [0.1, 0.15) is 24.7 Å². The molecule has 0 bridgehead atoms. The van der Waals surface area contributed by atoms with E-state index in [4.69, 9.17) is 9.47 Å². The Morgan fingerprint density at radius 1 is 0.561 bits per heavy atom. The molecule has 0 fully saturated rings. The van der Waals surface area contributed by atoms with Gasteiger partial charge in [-0.2, -0.15) is 10.2 Å². The van der Waals surface area contributed by atoms with Gasteiger partial charge in [0, 0.05) is 12.8 Å². The lowest BCUT2D eigenvalue weighted by Crippen LogP contribution is -2.20. The number of carbonyl (C=O) groups excluding carboxylic acids is 2. The Kier molecular flexibility index (Phi) is 11.2. The van der Waals surface area contributed by atoms with E-state index in [-0.39, 0.29) is 24.7 Å². The van der Waals surface area contributed by atoms with Crippen LogP contribution in [0.25, 0.3) is 0 Å². The monoisotopic (exact) mass is 548 g/mol. The first kappa shape index (κ1) is 28.8. The molecule has 0 spiro atoms. The molecule has 41 heavy (non-hydrogen) atoms. The minimum absolute atomic E-state index is 0.172. The van der Waals surface area contributed by atoms with E-state index in [9.17, 15) is 9.59 Å². The van der Waals surface area contributed by atoms with Gasteiger partial charge < -0.3 is 9.47 Å². The summed E-state index contributed by atoms with van der Waals surface area (Å²) < 4.78 is 11.5. The molecular formula is C33H32N4O4. The molecule has 4 rings (SSSR count). The lowest BCUT2D eigenvalue weighted by Gasteiger charge is -2.06. The van der Waals surface area contributed by atoms with Crippen LogP contribution < -0.4 is 20.3 Å². The Labute approximate surface area is 239 Å². The van der Waals surface area contributed by atoms with Gasteiger partial charge in [0.05, 0.1) is 12.4 Å². The van der Waals surface area contributed by atoms with Crippen molar-refractivity contribution < 1.29 is 19.1 Å². The summed E-state index contributed by atoms with van der Waals surface area (Å²) in [5.41, 5.74) is 8.80. The number of nitrogens with one attached hydrogen (secondary N) is 2. The zero-order valence-electron chi connectivity index (χ0n) is 22.6. The smallest absolute Gasteiger partial charge is 0.240 e. The lowest BCUT2D eigenvalue weighted by molar-refractivity contribution is -0.122. The van der Waals surface area contributed by atoms with Crippen LogP contribution in [0.15, 0.2) is 119 Å². The first-order chi connectivity index (χ1) is 20.1. The quantitative estimate of drug-likeness (QED) is 0.158.